The van der Waals surface area contributed by atoms with Gasteiger partial charge >= 0.3 is 0 Å². The predicted molar refractivity (Wildman–Crippen MR) is 96.6 cm³/mol. The molecule has 1 saturated carbocycles. The Morgan fingerprint density at radius 3 is 2.42 bits per heavy atom. The summed E-state index contributed by atoms with van der Waals surface area (Å²) in [5, 5.41) is 6.88. The Morgan fingerprint density at radius 1 is 1.33 bits per heavy atom. The van der Waals surface area contributed by atoms with Gasteiger partial charge in [0.1, 0.15) is 0 Å². The standard InChI is InChI=1S/C16H32N4O3S/c1-16(2)13(10-14(16)23-4)19-15(17-3)18-11-12-6-8-20(9-7-12)24(5,21)22/h12-14H,6-11H2,1-5H3,(H2,17,18,19). The molecule has 2 rings (SSSR count). The number of guanidine groups is 1. The number of nitrogens with zero attached hydrogens (tertiary/aromatic N) is 2. The van der Waals surface area contributed by atoms with Crippen LogP contribution in [0.4, 0.5) is 0 Å². The van der Waals surface area contributed by atoms with E-state index in [1.54, 1.807) is 18.5 Å². The zero-order valence-corrected chi connectivity index (χ0v) is 16.3. The van der Waals surface area contributed by atoms with Crippen LogP contribution in [0.1, 0.15) is 33.1 Å². The van der Waals surface area contributed by atoms with E-state index in [1.807, 2.05) is 0 Å². The highest BCUT2D eigenvalue weighted by Gasteiger charge is 2.48. The van der Waals surface area contributed by atoms with Crippen LogP contribution in [0.3, 0.4) is 0 Å². The summed E-state index contributed by atoms with van der Waals surface area (Å²) in [6.07, 6.45) is 4.32. The Bertz CT molecular complexity index is 554. The minimum Gasteiger partial charge on any atom is -0.381 e. The third-order valence-electron chi connectivity index (χ3n) is 5.60. The maximum absolute atomic E-state index is 11.5. The summed E-state index contributed by atoms with van der Waals surface area (Å²) >= 11 is 0. The maximum Gasteiger partial charge on any atom is 0.211 e. The van der Waals surface area contributed by atoms with Crippen LogP contribution in [0.25, 0.3) is 0 Å². The molecular formula is C16H32N4O3S. The summed E-state index contributed by atoms with van der Waals surface area (Å²) in [5.74, 6) is 1.29. The van der Waals surface area contributed by atoms with E-state index >= 15 is 0 Å². The Labute approximate surface area is 146 Å². The lowest BCUT2D eigenvalue weighted by Gasteiger charge is -2.51. The fourth-order valence-corrected chi connectivity index (χ4v) is 4.45. The van der Waals surface area contributed by atoms with Crippen LogP contribution < -0.4 is 10.6 Å². The number of methoxy groups -OCH3 is 1. The number of rotatable bonds is 5. The van der Waals surface area contributed by atoms with Gasteiger partial charge in [0, 0.05) is 45.2 Å². The first-order chi connectivity index (χ1) is 11.2. The molecule has 0 aromatic carbocycles. The maximum atomic E-state index is 11.5. The lowest BCUT2D eigenvalue weighted by atomic mass is 9.64. The van der Waals surface area contributed by atoms with E-state index in [9.17, 15) is 8.42 Å². The van der Waals surface area contributed by atoms with Crippen LogP contribution in [0.2, 0.25) is 0 Å². The second kappa shape index (κ2) is 7.58. The number of nitrogens with one attached hydrogen (secondary N) is 2. The number of hydrogen-bond acceptors (Lipinski definition) is 4. The van der Waals surface area contributed by atoms with Crippen LogP contribution in [0.15, 0.2) is 4.99 Å². The molecule has 2 fully saturated rings. The van der Waals surface area contributed by atoms with Gasteiger partial charge in [-0.1, -0.05) is 13.8 Å². The smallest absolute Gasteiger partial charge is 0.211 e. The van der Waals surface area contributed by atoms with Gasteiger partial charge in [-0.25, -0.2) is 12.7 Å². The average Bonchev–Trinajstić information content (AvgIpc) is 2.53. The minimum atomic E-state index is -3.05. The molecule has 1 aliphatic carbocycles. The number of piperidine rings is 1. The molecular weight excluding hydrogens is 328 g/mol. The molecule has 2 unspecified atom stereocenters. The lowest BCUT2D eigenvalue weighted by molar-refractivity contribution is -0.0922. The van der Waals surface area contributed by atoms with E-state index < -0.39 is 10.0 Å². The first-order valence-corrected chi connectivity index (χ1v) is 10.5. The first kappa shape index (κ1) is 19.5. The van der Waals surface area contributed by atoms with Crippen LogP contribution in [0, 0.1) is 11.3 Å². The van der Waals surface area contributed by atoms with Gasteiger partial charge in [-0.15, -0.1) is 0 Å². The van der Waals surface area contributed by atoms with Crippen molar-refractivity contribution < 1.29 is 13.2 Å². The molecule has 140 valence electrons. The predicted octanol–water partition coefficient (Wildman–Crippen LogP) is 0.637. The van der Waals surface area contributed by atoms with Crippen molar-refractivity contribution in [2.45, 2.75) is 45.3 Å². The van der Waals surface area contributed by atoms with Gasteiger partial charge in [0.2, 0.25) is 10.0 Å². The molecule has 2 N–H and O–H groups in total. The summed E-state index contributed by atoms with van der Waals surface area (Å²) in [5.41, 5.74) is 0.0905. The Hall–Kier alpha value is -0.860. The van der Waals surface area contributed by atoms with Gasteiger partial charge in [-0.05, 0) is 25.2 Å². The average molecular weight is 361 g/mol. The number of aliphatic imine (C=N–C) groups is 1. The van der Waals surface area contributed by atoms with Crippen LogP contribution >= 0.6 is 0 Å². The summed E-state index contributed by atoms with van der Waals surface area (Å²) in [6.45, 7) is 6.45. The van der Waals surface area contributed by atoms with Crippen molar-refractivity contribution in [3.8, 4) is 0 Å². The van der Waals surface area contributed by atoms with Crippen molar-refractivity contribution in [2.24, 2.45) is 16.3 Å². The monoisotopic (exact) mass is 360 g/mol. The van der Waals surface area contributed by atoms with E-state index in [-0.39, 0.29) is 11.5 Å². The van der Waals surface area contributed by atoms with Crippen LogP contribution in [0.5, 0.6) is 0 Å². The molecule has 2 atom stereocenters. The molecule has 0 aromatic heterocycles. The molecule has 0 spiro atoms. The third-order valence-corrected chi connectivity index (χ3v) is 6.90. The first-order valence-electron chi connectivity index (χ1n) is 8.63. The van der Waals surface area contributed by atoms with Crippen molar-refractivity contribution in [1.29, 1.82) is 0 Å². The Morgan fingerprint density at radius 2 is 1.96 bits per heavy atom. The fourth-order valence-electron chi connectivity index (χ4n) is 3.58. The zero-order valence-electron chi connectivity index (χ0n) is 15.5. The van der Waals surface area contributed by atoms with E-state index in [0.717, 1.165) is 31.8 Å². The third kappa shape index (κ3) is 4.40. The number of sulfonamides is 1. The van der Waals surface area contributed by atoms with Crippen molar-refractivity contribution in [1.82, 2.24) is 14.9 Å². The van der Waals surface area contributed by atoms with Gasteiger partial charge in [-0.3, -0.25) is 4.99 Å². The van der Waals surface area contributed by atoms with Crippen molar-refractivity contribution in [2.75, 3.05) is 40.0 Å². The quantitative estimate of drug-likeness (QED) is 0.555. The summed E-state index contributed by atoms with van der Waals surface area (Å²) in [7, 11) is 0.489. The normalized spacial score (nSPS) is 29.1. The van der Waals surface area contributed by atoms with Gasteiger partial charge in [0.05, 0.1) is 12.4 Å². The molecule has 1 aliphatic heterocycles. The van der Waals surface area contributed by atoms with Crippen LogP contribution in [-0.4, -0.2) is 70.9 Å². The van der Waals surface area contributed by atoms with Gasteiger partial charge in [0.25, 0.3) is 0 Å². The van der Waals surface area contributed by atoms with Gasteiger partial charge in [-0.2, -0.15) is 0 Å². The van der Waals surface area contributed by atoms with Crippen LogP contribution in [-0.2, 0) is 14.8 Å². The van der Waals surface area contributed by atoms with E-state index in [2.05, 4.69) is 29.5 Å². The lowest BCUT2D eigenvalue weighted by Crippen LogP contribution is -2.63. The SMILES string of the molecule is CN=C(NCC1CCN(S(C)(=O)=O)CC1)NC1CC(OC)C1(C)C. The summed E-state index contributed by atoms with van der Waals surface area (Å²) < 4.78 is 30.2. The van der Waals surface area contributed by atoms with E-state index in [1.165, 1.54) is 6.26 Å². The molecule has 24 heavy (non-hydrogen) atoms. The van der Waals surface area contributed by atoms with Gasteiger partial charge in [0.15, 0.2) is 5.96 Å². The molecule has 0 bridgehead atoms. The fraction of sp³-hybridized carbons (Fsp3) is 0.938. The topological polar surface area (TPSA) is 83.0 Å². The Balaban J connectivity index is 1.76. The highest BCUT2D eigenvalue weighted by atomic mass is 32.2. The molecule has 7 nitrogen and oxygen atoms in total. The van der Waals surface area contributed by atoms with E-state index in [0.29, 0.717) is 25.0 Å². The highest BCUT2D eigenvalue weighted by molar-refractivity contribution is 7.88. The minimum absolute atomic E-state index is 0.0905. The van der Waals surface area contributed by atoms with Crippen molar-refractivity contribution in [3.05, 3.63) is 0 Å². The highest BCUT2D eigenvalue weighted by Crippen LogP contribution is 2.42. The zero-order chi connectivity index (χ0) is 18.0. The van der Waals surface area contributed by atoms with Crippen molar-refractivity contribution >= 4 is 16.0 Å². The van der Waals surface area contributed by atoms with Gasteiger partial charge < -0.3 is 15.4 Å². The summed E-state index contributed by atoms with van der Waals surface area (Å²) in [4.78, 5) is 4.31. The van der Waals surface area contributed by atoms with E-state index in [4.69, 9.17) is 4.74 Å². The van der Waals surface area contributed by atoms with Crippen molar-refractivity contribution in [3.63, 3.8) is 0 Å². The molecule has 2 aliphatic rings. The number of ether oxygens (including phenoxy) is 1. The molecule has 0 amide bonds. The second-order valence-electron chi connectivity index (χ2n) is 7.54. The molecule has 1 heterocycles. The summed E-state index contributed by atoms with van der Waals surface area (Å²) in [6, 6.07) is 0.348. The molecule has 0 aromatic rings. The molecule has 1 saturated heterocycles. The molecule has 8 heteroatoms. The molecule has 0 radical (unpaired) electrons. The largest absolute Gasteiger partial charge is 0.381 e. The Kier molecular flexibility index (Phi) is 6.14. The number of hydrogen-bond donors (Lipinski definition) is 2. The second-order valence-corrected chi connectivity index (χ2v) is 9.52.